The molecule has 0 spiro atoms. The molecular weight excluding hydrogens is 294 g/mol. The van der Waals surface area contributed by atoms with Crippen molar-refractivity contribution in [2.75, 3.05) is 6.54 Å². The lowest BCUT2D eigenvalue weighted by molar-refractivity contribution is 0.107. The number of hydrogen-bond donors (Lipinski definition) is 0. The van der Waals surface area contributed by atoms with Crippen LogP contribution < -0.4 is 0 Å². The molecule has 23 heavy (non-hydrogen) atoms. The summed E-state index contributed by atoms with van der Waals surface area (Å²) in [7, 11) is 0. The Labute approximate surface area is 136 Å². The van der Waals surface area contributed by atoms with Crippen molar-refractivity contribution in [3.8, 4) is 0 Å². The molecule has 1 aliphatic rings. The standard InChI is InChI=1S/C16H25N5O2/c1-5-13-17-20-16(22-13)12-7-6-8-21(11(12)4)9-14-18-19-15(23-14)10(2)3/h10-12H,5-9H2,1-4H3/t11-,12-/m0/s1. The van der Waals surface area contributed by atoms with Crippen LogP contribution in [0.3, 0.4) is 0 Å². The number of piperidine rings is 1. The van der Waals surface area contributed by atoms with Crippen LogP contribution in [0, 0.1) is 0 Å². The zero-order valence-electron chi connectivity index (χ0n) is 14.3. The van der Waals surface area contributed by atoms with E-state index in [4.69, 9.17) is 8.83 Å². The summed E-state index contributed by atoms with van der Waals surface area (Å²) in [4.78, 5) is 2.36. The molecule has 126 valence electrons. The topological polar surface area (TPSA) is 81.1 Å². The van der Waals surface area contributed by atoms with Crippen LogP contribution in [0.15, 0.2) is 8.83 Å². The molecule has 1 saturated heterocycles. The van der Waals surface area contributed by atoms with Gasteiger partial charge in [0.25, 0.3) is 0 Å². The second-order valence-electron chi connectivity index (χ2n) is 6.54. The summed E-state index contributed by atoms with van der Waals surface area (Å²) in [6, 6.07) is 0.309. The van der Waals surface area contributed by atoms with Crippen LogP contribution in [0.25, 0.3) is 0 Å². The van der Waals surface area contributed by atoms with Gasteiger partial charge in [-0.05, 0) is 26.3 Å². The summed E-state index contributed by atoms with van der Waals surface area (Å²) in [5.74, 6) is 3.37. The Bertz CT molecular complexity index is 636. The van der Waals surface area contributed by atoms with E-state index in [0.29, 0.717) is 30.3 Å². The van der Waals surface area contributed by atoms with Crippen molar-refractivity contribution in [3.63, 3.8) is 0 Å². The van der Waals surface area contributed by atoms with Gasteiger partial charge in [0.15, 0.2) is 0 Å². The smallest absolute Gasteiger partial charge is 0.230 e. The highest BCUT2D eigenvalue weighted by Crippen LogP contribution is 2.32. The number of aryl methyl sites for hydroxylation is 1. The van der Waals surface area contributed by atoms with Crippen LogP contribution >= 0.6 is 0 Å². The Kier molecular flexibility index (Phi) is 4.75. The van der Waals surface area contributed by atoms with Crippen molar-refractivity contribution in [3.05, 3.63) is 23.6 Å². The lowest BCUT2D eigenvalue weighted by atomic mass is 9.90. The van der Waals surface area contributed by atoms with Crippen LogP contribution in [0.5, 0.6) is 0 Å². The van der Waals surface area contributed by atoms with Gasteiger partial charge in [0, 0.05) is 18.4 Å². The third-order valence-corrected chi connectivity index (χ3v) is 4.54. The largest absolute Gasteiger partial charge is 0.425 e. The van der Waals surface area contributed by atoms with Crippen molar-refractivity contribution < 1.29 is 8.83 Å². The monoisotopic (exact) mass is 319 g/mol. The van der Waals surface area contributed by atoms with Crippen LogP contribution in [0.1, 0.15) is 75.9 Å². The SMILES string of the molecule is CCc1nnc([C@H]2CCCN(Cc3nnc(C(C)C)o3)[C@H]2C)o1. The van der Waals surface area contributed by atoms with Crippen LogP contribution in [-0.4, -0.2) is 37.9 Å². The molecule has 3 heterocycles. The Morgan fingerprint density at radius 3 is 2.57 bits per heavy atom. The van der Waals surface area contributed by atoms with E-state index in [0.717, 1.165) is 31.7 Å². The van der Waals surface area contributed by atoms with E-state index < -0.39 is 0 Å². The molecule has 0 amide bonds. The van der Waals surface area contributed by atoms with E-state index in [1.54, 1.807) is 0 Å². The van der Waals surface area contributed by atoms with E-state index in [1.165, 1.54) is 0 Å². The van der Waals surface area contributed by atoms with Gasteiger partial charge in [0.2, 0.25) is 23.6 Å². The molecule has 1 aliphatic heterocycles. The molecule has 0 radical (unpaired) electrons. The summed E-state index contributed by atoms with van der Waals surface area (Å²) in [6.07, 6.45) is 2.95. The van der Waals surface area contributed by atoms with Crippen molar-refractivity contribution in [1.82, 2.24) is 25.3 Å². The van der Waals surface area contributed by atoms with Gasteiger partial charge < -0.3 is 8.83 Å². The maximum atomic E-state index is 5.78. The fourth-order valence-corrected chi connectivity index (χ4v) is 3.06. The quantitative estimate of drug-likeness (QED) is 0.838. The first-order valence-electron chi connectivity index (χ1n) is 8.47. The van der Waals surface area contributed by atoms with Gasteiger partial charge in [0.05, 0.1) is 12.5 Å². The predicted octanol–water partition coefficient (Wildman–Crippen LogP) is 2.91. The minimum atomic E-state index is 0.258. The van der Waals surface area contributed by atoms with Crippen molar-refractivity contribution in [1.29, 1.82) is 0 Å². The van der Waals surface area contributed by atoms with Gasteiger partial charge >= 0.3 is 0 Å². The Balaban J connectivity index is 1.70. The number of hydrogen-bond acceptors (Lipinski definition) is 7. The Morgan fingerprint density at radius 1 is 1.13 bits per heavy atom. The molecule has 0 saturated carbocycles. The zero-order valence-corrected chi connectivity index (χ0v) is 14.3. The van der Waals surface area contributed by atoms with Crippen LogP contribution in [-0.2, 0) is 13.0 Å². The zero-order chi connectivity index (χ0) is 16.4. The van der Waals surface area contributed by atoms with E-state index in [2.05, 4.69) is 46.1 Å². The molecule has 2 atom stereocenters. The number of rotatable bonds is 5. The van der Waals surface area contributed by atoms with Crippen LogP contribution in [0.2, 0.25) is 0 Å². The molecule has 2 aromatic heterocycles. The van der Waals surface area contributed by atoms with Gasteiger partial charge in [-0.15, -0.1) is 20.4 Å². The maximum Gasteiger partial charge on any atom is 0.230 e. The van der Waals surface area contributed by atoms with E-state index >= 15 is 0 Å². The molecular formula is C16H25N5O2. The first kappa shape index (κ1) is 16.1. The lowest BCUT2D eigenvalue weighted by Gasteiger charge is -2.36. The number of nitrogens with zero attached hydrogens (tertiary/aromatic N) is 5. The average Bonchev–Trinajstić information content (AvgIpc) is 3.18. The summed E-state index contributed by atoms with van der Waals surface area (Å²) >= 11 is 0. The Morgan fingerprint density at radius 2 is 1.91 bits per heavy atom. The first-order valence-corrected chi connectivity index (χ1v) is 8.47. The van der Waals surface area contributed by atoms with Crippen LogP contribution in [0.4, 0.5) is 0 Å². The fourth-order valence-electron chi connectivity index (χ4n) is 3.06. The minimum absolute atomic E-state index is 0.258. The van der Waals surface area contributed by atoms with Crippen molar-refractivity contribution in [2.45, 2.75) is 71.4 Å². The summed E-state index contributed by atoms with van der Waals surface area (Å²) in [6.45, 7) is 10.0. The first-order chi connectivity index (χ1) is 11.1. The van der Waals surface area contributed by atoms with Crippen molar-refractivity contribution >= 4 is 0 Å². The van der Waals surface area contributed by atoms with E-state index in [9.17, 15) is 0 Å². The van der Waals surface area contributed by atoms with E-state index in [1.807, 2.05) is 6.92 Å². The Hall–Kier alpha value is -1.76. The second-order valence-corrected chi connectivity index (χ2v) is 6.54. The molecule has 2 aromatic rings. The molecule has 7 heteroatoms. The fraction of sp³-hybridized carbons (Fsp3) is 0.750. The summed E-state index contributed by atoms with van der Waals surface area (Å²) in [5, 5.41) is 16.6. The van der Waals surface area contributed by atoms with Gasteiger partial charge in [-0.3, -0.25) is 4.90 Å². The average molecular weight is 319 g/mol. The third kappa shape index (κ3) is 3.44. The van der Waals surface area contributed by atoms with Gasteiger partial charge in [-0.2, -0.15) is 0 Å². The third-order valence-electron chi connectivity index (χ3n) is 4.54. The molecule has 7 nitrogen and oxygen atoms in total. The highest BCUT2D eigenvalue weighted by atomic mass is 16.4. The number of likely N-dealkylation sites (tertiary alicyclic amines) is 1. The predicted molar refractivity (Wildman–Crippen MR) is 83.9 cm³/mol. The second kappa shape index (κ2) is 6.78. The molecule has 0 aliphatic carbocycles. The maximum absolute atomic E-state index is 5.78. The normalized spacial score (nSPS) is 22.8. The molecule has 0 bridgehead atoms. The van der Waals surface area contributed by atoms with Gasteiger partial charge in [0.1, 0.15) is 0 Å². The minimum Gasteiger partial charge on any atom is -0.425 e. The van der Waals surface area contributed by atoms with Gasteiger partial charge in [-0.25, -0.2) is 0 Å². The molecule has 0 aromatic carbocycles. The summed E-state index contributed by atoms with van der Waals surface area (Å²) < 4.78 is 11.5. The van der Waals surface area contributed by atoms with Gasteiger partial charge in [-0.1, -0.05) is 20.8 Å². The molecule has 0 unspecified atom stereocenters. The number of aromatic nitrogens is 4. The molecule has 3 rings (SSSR count). The highest BCUT2D eigenvalue weighted by Gasteiger charge is 2.33. The lowest BCUT2D eigenvalue weighted by Crippen LogP contribution is -2.41. The van der Waals surface area contributed by atoms with Crippen molar-refractivity contribution in [2.24, 2.45) is 0 Å². The highest BCUT2D eigenvalue weighted by molar-refractivity contribution is 5.00. The van der Waals surface area contributed by atoms with E-state index in [-0.39, 0.29) is 11.8 Å². The molecule has 0 N–H and O–H groups in total. The summed E-state index contributed by atoms with van der Waals surface area (Å²) in [5.41, 5.74) is 0. The molecule has 1 fully saturated rings.